The summed E-state index contributed by atoms with van der Waals surface area (Å²) in [6.07, 6.45) is 2.42. The fraction of sp³-hybridized carbons (Fsp3) is 0.368. The van der Waals surface area contributed by atoms with Gasteiger partial charge in [0.25, 0.3) is 0 Å². The highest BCUT2D eigenvalue weighted by molar-refractivity contribution is 5.67. The van der Waals surface area contributed by atoms with Gasteiger partial charge in [0.05, 0.1) is 6.61 Å². The molecule has 0 aliphatic heterocycles. The number of carbonyl (C=O) groups is 1. The summed E-state index contributed by atoms with van der Waals surface area (Å²) in [7, 11) is 0. The SMILES string of the molecule is CC(C)Cc1ncccc1-c1cc(F)c(OCCCC(=O)O)c(F)c1. The van der Waals surface area contributed by atoms with Crippen LogP contribution in [-0.4, -0.2) is 22.7 Å². The van der Waals surface area contributed by atoms with Crippen molar-refractivity contribution in [1.29, 1.82) is 0 Å². The molecular formula is C19H21F2NO3. The lowest BCUT2D eigenvalue weighted by atomic mass is 9.98. The first kappa shape index (κ1) is 18.8. The molecule has 4 nitrogen and oxygen atoms in total. The summed E-state index contributed by atoms with van der Waals surface area (Å²) in [5.41, 5.74) is 1.87. The summed E-state index contributed by atoms with van der Waals surface area (Å²) >= 11 is 0. The zero-order valence-electron chi connectivity index (χ0n) is 14.3. The topological polar surface area (TPSA) is 59.4 Å². The average molecular weight is 349 g/mol. The van der Waals surface area contributed by atoms with E-state index in [1.54, 1.807) is 18.3 Å². The molecule has 134 valence electrons. The van der Waals surface area contributed by atoms with Crippen molar-refractivity contribution in [1.82, 2.24) is 4.98 Å². The summed E-state index contributed by atoms with van der Waals surface area (Å²) < 4.78 is 33.6. The summed E-state index contributed by atoms with van der Waals surface area (Å²) in [6, 6.07) is 5.95. The molecule has 25 heavy (non-hydrogen) atoms. The Kier molecular flexibility index (Phi) is 6.44. The summed E-state index contributed by atoms with van der Waals surface area (Å²) in [6.45, 7) is 4.03. The van der Waals surface area contributed by atoms with Crippen molar-refractivity contribution >= 4 is 5.97 Å². The highest BCUT2D eigenvalue weighted by Crippen LogP contribution is 2.31. The number of rotatable bonds is 8. The molecule has 1 heterocycles. The number of nitrogens with zero attached hydrogens (tertiary/aromatic N) is 1. The van der Waals surface area contributed by atoms with Gasteiger partial charge in [0.2, 0.25) is 0 Å². The Morgan fingerprint density at radius 2 is 1.96 bits per heavy atom. The van der Waals surface area contributed by atoms with Gasteiger partial charge < -0.3 is 9.84 Å². The molecule has 0 bridgehead atoms. The van der Waals surface area contributed by atoms with Crippen LogP contribution in [0, 0.1) is 17.6 Å². The van der Waals surface area contributed by atoms with Crippen LogP contribution in [0.2, 0.25) is 0 Å². The Morgan fingerprint density at radius 1 is 1.28 bits per heavy atom. The Morgan fingerprint density at radius 3 is 2.56 bits per heavy atom. The van der Waals surface area contributed by atoms with Gasteiger partial charge in [-0.3, -0.25) is 9.78 Å². The van der Waals surface area contributed by atoms with Crippen molar-refractivity contribution in [2.75, 3.05) is 6.61 Å². The molecule has 0 fully saturated rings. The standard InChI is InChI=1S/C19H21F2NO3/c1-12(2)9-17-14(5-3-7-22-17)13-10-15(20)19(16(21)11-13)25-8-4-6-18(23)24/h3,5,7,10-12H,4,6,8-9H2,1-2H3,(H,23,24). The first-order valence-electron chi connectivity index (χ1n) is 8.16. The number of halogens is 2. The number of aliphatic carboxylic acids is 1. The lowest BCUT2D eigenvalue weighted by molar-refractivity contribution is -0.137. The molecule has 0 aliphatic carbocycles. The van der Waals surface area contributed by atoms with E-state index in [1.807, 2.05) is 13.8 Å². The molecule has 0 unspecified atom stereocenters. The van der Waals surface area contributed by atoms with Crippen molar-refractivity contribution in [2.45, 2.75) is 33.1 Å². The molecule has 2 aromatic rings. The third kappa shape index (κ3) is 5.24. The number of hydrogen-bond donors (Lipinski definition) is 1. The molecular weight excluding hydrogens is 328 g/mol. The van der Waals surface area contributed by atoms with Gasteiger partial charge in [-0.25, -0.2) is 8.78 Å². The smallest absolute Gasteiger partial charge is 0.303 e. The van der Waals surface area contributed by atoms with Crippen LogP contribution in [0.1, 0.15) is 32.4 Å². The van der Waals surface area contributed by atoms with E-state index in [4.69, 9.17) is 9.84 Å². The van der Waals surface area contributed by atoms with Gasteiger partial charge in [-0.1, -0.05) is 19.9 Å². The fourth-order valence-corrected chi connectivity index (χ4v) is 2.50. The van der Waals surface area contributed by atoms with Gasteiger partial charge in [0, 0.05) is 23.9 Å². The largest absolute Gasteiger partial charge is 0.488 e. The maximum absolute atomic E-state index is 14.3. The van der Waals surface area contributed by atoms with Crippen LogP contribution in [0.3, 0.4) is 0 Å². The van der Waals surface area contributed by atoms with Gasteiger partial charge in [0.1, 0.15) is 0 Å². The third-order valence-electron chi connectivity index (χ3n) is 3.58. The van der Waals surface area contributed by atoms with Crippen molar-refractivity contribution in [3.63, 3.8) is 0 Å². The predicted molar refractivity (Wildman–Crippen MR) is 90.5 cm³/mol. The molecule has 1 aromatic heterocycles. The summed E-state index contributed by atoms with van der Waals surface area (Å²) in [5, 5.41) is 8.56. The van der Waals surface area contributed by atoms with Crippen LogP contribution in [-0.2, 0) is 11.2 Å². The Labute approximate surface area is 145 Å². The quantitative estimate of drug-likeness (QED) is 0.715. The van der Waals surface area contributed by atoms with Crippen LogP contribution in [0.4, 0.5) is 8.78 Å². The highest BCUT2D eigenvalue weighted by atomic mass is 19.1. The average Bonchev–Trinajstić information content (AvgIpc) is 2.53. The van der Waals surface area contributed by atoms with Crippen LogP contribution in [0.15, 0.2) is 30.5 Å². The number of pyridine rings is 1. The minimum Gasteiger partial charge on any atom is -0.488 e. The normalized spacial score (nSPS) is 10.9. The second-order valence-corrected chi connectivity index (χ2v) is 6.21. The predicted octanol–water partition coefficient (Wildman–Crippen LogP) is 4.47. The second kappa shape index (κ2) is 8.55. The van der Waals surface area contributed by atoms with Gasteiger partial charge in [-0.15, -0.1) is 0 Å². The number of benzene rings is 1. The third-order valence-corrected chi connectivity index (χ3v) is 3.58. The molecule has 0 amide bonds. The van der Waals surface area contributed by atoms with Crippen molar-refractivity contribution < 1.29 is 23.4 Å². The lowest BCUT2D eigenvalue weighted by Gasteiger charge is -2.13. The number of ether oxygens (including phenoxy) is 1. The molecule has 6 heteroatoms. The van der Waals surface area contributed by atoms with Crippen molar-refractivity contribution in [3.05, 3.63) is 47.8 Å². The number of carboxylic acids is 1. The zero-order valence-corrected chi connectivity index (χ0v) is 14.3. The number of carboxylic acid groups (broad SMARTS) is 1. The molecule has 0 atom stereocenters. The molecule has 0 spiro atoms. The van der Waals surface area contributed by atoms with E-state index in [0.717, 1.165) is 5.69 Å². The fourth-order valence-electron chi connectivity index (χ4n) is 2.50. The van der Waals surface area contributed by atoms with E-state index in [-0.39, 0.29) is 19.4 Å². The summed E-state index contributed by atoms with van der Waals surface area (Å²) in [4.78, 5) is 14.8. The summed E-state index contributed by atoms with van der Waals surface area (Å²) in [5.74, 6) is -2.73. The van der Waals surface area contributed by atoms with Gasteiger partial charge in [0.15, 0.2) is 17.4 Å². The van der Waals surface area contributed by atoms with Crippen molar-refractivity contribution in [2.24, 2.45) is 5.92 Å². The number of aromatic nitrogens is 1. The van der Waals surface area contributed by atoms with Gasteiger partial charge in [-0.05, 0) is 42.5 Å². The van der Waals surface area contributed by atoms with E-state index in [0.29, 0.717) is 23.5 Å². The zero-order chi connectivity index (χ0) is 18.4. The maximum Gasteiger partial charge on any atom is 0.303 e. The van der Waals surface area contributed by atoms with Crippen LogP contribution < -0.4 is 4.74 Å². The van der Waals surface area contributed by atoms with Crippen molar-refractivity contribution in [3.8, 4) is 16.9 Å². The van der Waals surface area contributed by atoms with E-state index >= 15 is 0 Å². The first-order valence-corrected chi connectivity index (χ1v) is 8.16. The van der Waals surface area contributed by atoms with E-state index < -0.39 is 23.4 Å². The Bertz CT molecular complexity index is 724. The van der Waals surface area contributed by atoms with E-state index in [9.17, 15) is 13.6 Å². The Balaban J connectivity index is 2.23. The van der Waals surface area contributed by atoms with Crippen LogP contribution in [0.25, 0.3) is 11.1 Å². The molecule has 0 saturated carbocycles. The molecule has 0 aliphatic rings. The van der Waals surface area contributed by atoms with Gasteiger partial charge >= 0.3 is 5.97 Å². The molecule has 0 saturated heterocycles. The van der Waals surface area contributed by atoms with Crippen LogP contribution in [0.5, 0.6) is 5.75 Å². The molecule has 1 aromatic carbocycles. The monoisotopic (exact) mass is 349 g/mol. The molecule has 1 N–H and O–H groups in total. The minimum absolute atomic E-state index is 0.0645. The van der Waals surface area contributed by atoms with Crippen LogP contribution >= 0.6 is 0 Å². The van der Waals surface area contributed by atoms with Gasteiger partial charge in [-0.2, -0.15) is 0 Å². The number of hydrogen-bond acceptors (Lipinski definition) is 3. The maximum atomic E-state index is 14.3. The van der Waals surface area contributed by atoms with E-state index in [1.165, 1.54) is 12.1 Å². The molecule has 0 radical (unpaired) electrons. The molecule has 2 rings (SSSR count). The second-order valence-electron chi connectivity index (χ2n) is 6.21. The minimum atomic E-state index is -0.978. The lowest BCUT2D eigenvalue weighted by Crippen LogP contribution is -2.05. The Hall–Kier alpha value is -2.50. The highest BCUT2D eigenvalue weighted by Gasteiger charge is 2.16. The van der Waals surface area contributed by atoms with E-state index in [2.05, 4.69) is 4.98 Å². The first-order chi connectivity index (χ1) is 11.9.